The molecule has 0 heterocycles. The minimum absolute atomic E-state index is 0.215. The minimum atomic E-state index is -1.07. The van der Waals surface area contributed by atoms with Crippen molar-refractivity contribution in [1.82, 2.24) is 0 Å². The Kier molecular flexibility index (Phi) is 3.02. The Morgan fingerprint density at radius 3 is 2.53 bits per heavy atom. The van der Waals surface area contributed by atoms with Crippen LogP contribution in [0.5, 0.6) is 0 Å². The maximum atomic E-state index is 11.7. The lowest BCUT2D eigenvalue weighted by atomic mass is 9.90. The zero-order valence-corrected chi connectivity index (χ0v) is 10.7. The summed E-state index contributed by atoms with van der Waals surface area (Å²) in [6, 6.07) is 0. The van der Waals surface area contributed by atoms with Gasteiger partial charge in [0.25, 0.3) is 0 Å². The van der Waals surface area contributed by atoms with Crippen molar-refractivity contribution >= 4 is 17.2 Å². The van der Waals surface area contributed by atoms with Crippen LogP contribution in [0.2, 0.25) is 0 Å². The summed E-state index contributed by atoms with van der Waals surface area (Å²) in [6.45, 7) is 5.91. The van der Waals surface area contributed by atoms with Crippen molar-refractivity contribution < 1.29 is 4.21 Å². The van der Waals surface area contributed by atoms with E-state index >= 15 is 0 Å². The molecule has 86 valence electrons. The molecular formula is C12H21NOS. The first-order valence-electron chi connectivity index (χ1n) is 5.93. The molecule has 2 aliphatic carbocycles. The Morgan fingerprint density at radius 2 is 1.93 bits per heavy atom. The molecule has 0 N–H and O–H groups in total. The molecule has 0 saturated heterocycles. The quantitative estimate of drug-likeness (QED) is 0.667. The zero-order chi connectivity index (χ0) is 11.1. The van der Waals surface area contributed by atoms with Crippen LogP contribution in [0.4, 0.5) is 0 Å². The fourth-order valence-electron chi connectivity index (χ4n) is 2.32. The highest BCUT2D eigenvalue weighted by Crippen LogP contribution is 2.50. The van der Waals surface area contributed by atoms with Gasteiger partial charge in [-0.1, -0.05) is 0 Å². The van der Waals surface area contributed by atoms with E-state index in [4.69, 9.17) is 0 Å². The lowest BCUT2D eigenvalue weighted by Crippen LogP contribution is -2.20. The summed E-state index contributed by atoms with van der Waals surface area (Å²) in [7, 11) is -1.07. The van der Waals surface area contributed by atoms with Gasteiger partial charge >= 0.3 is 0 Å². The van der Waals surface area contributed by atoms with Gasteiger partial charge in [0.05, 0.1) is 4.75 Å². The summed E-state index contributed by atoms with van der Waals surface area (Å²) in [6.07, 6.45) is 7.31. The Morgan fingerprint density at radius 1 is 1.20 bits per heavy atom. The third-order valence-corrected chi connectivity index (χ3v) is 4.83. The second kappa shape index (κ2) is 4.00. The first-order chi connectivity index (χ1) is 6.97. The van der Waals surface area contributed by atoms with Gasteiger partial charge in [0.1, 0.15) is 11.0 Å². The van der Waals surface area contributed by atoms with Gasteiger partial charge in [-0.25, -0.2) is 4.21 Å². The Hall–Kier alpha value is -0.180. The van der Waals surface area contributed by atoms with E-state index in [1.54, 1.807) is 0 Å². The van der Waals surface area contributed by atoms with E-state index in [0.717, 1.165) is 11.8 Å². The summed E-state index contributed by atoms with van der Waals surface area (Å²) in [5, 5.41) is 0. The smallest absolute Gasteiger partial charge is 0.144 e. The second-order valence-corrected chi connectivity index (χ2v) is 7.88. The van der Waals surface area contributed by atoms with E-state index in [0.29, 0.717) is 5.92 Å². The molecule has 0 aliphatic heterocycles. The van der Waals surface area contributed by atoms with E-state index in [1.165, 1.54) is 25.7 Å². The highest BCUT2D eigenvalue weighted by Gasteiger charge is 2.41. The van der Waals surface area contributed by atoms with Crippen molar-refractivity contribution in [3.63, 3.8) is 0 Å². The van der Waals surface area contributed by atoms with Crippen LogP contribution >= 0.6 is 0 Å². The first-order valence-corrected chi connectivity index (χ1v) is 7.03. The normalized spacial score (nSPS) is 37.7. The summed E-state index contributed by atoms with van der Waals surface area (Å²) < 4.78 is 15.7. The van der Waals surface area contributed by atoms with E-state index in [-0.39, 0.29) is 4.75 Å². The molecule has 4 atom stereocenters. The van der Waals surface area contributed by atoms with Crippen molar-refractivity contribution in [1.29, 1.82) is 0 Å². The van der Waals surface area contributed by atoms with Gasteiger partial charge in [0.15, 0.2) is 0 Å². The molecule has 0 aromatic rings. The van der Waals surface area contributed by atoms with Crippen molar-refractivity contribution in [2.24, 2.45) is 22.2 Å². The Bertz CT molecular complexity index is 292. The molecule has 2 fully saturated rings. The number of rotatable bonds is 2. The van der Waals surface area contributed by atoms with Crippen LogP contribution in [-0.2, 0) is 11.0 Å². The molecule has 2 aliphatic rings. The zero-order valence-electron chi connectivity index (χ0n) is 9.90. The van der Waals surface area contributed by atoms with Gasteiger partial charge in [-0.15, -0.1) is 0 Å². The average Bonchev–Trinajstić information content (AvgIpc) is 2.90. The fourth-order valence-corrected chi connectivity index (χ4v) is 2.92. The molecule has 0 radical (unpaired) electrons. The predicted molar refractivity (Wildman–Crippen MR) is 65.3 cm³/mol. The fraction of sp³-hybridized carbons (Fsp3) is 0.917. The minimum Gasteiger partial charge on any atom is -0.234 e. The van der Waals surface area contributed by atoms with Crippen LogP contribution in [0.3, 0.4) is 0 Å². The summed E-state index contributed by atoms with van der Waals surface area (Å²) >= 11 is 0. The van der Waals surface area contributed by atoms with Crippen LogP contribution in [0.15, 0.2) is 4.40 Å². The number of hydrogen-bond acceptors (Lipinski definition) is 1. The monoisotopic (exact) mass is 227 g/mol. The molecule has 0 aromatic carbocycles. The van der Waals surface area contributed by atoms with Crippen LogP contribution < -0.4 is 0 Å². The molecule has 3 heteroatoms. The van der Waals surface area contributed by atoms with E-state index in [1.807, 2.05) is 27.0 Å². The average molecular weight is 227 g/mol. The molecule has 0 amide bonds. The molecule has 2 nitrogen and oxygen atoms in total. The van der Waals surface area contributed by atoms with Gasteiger partial charge in [0.2, 0.25) is 0 Å². The van der Waals surface area contributed by atoms with Crippen LogP contribution in [0.1, 0.15) is 46.5 Å². The molecule has 4 unspecified atom stereocenters. The summed E-state index contributed by atoms with van der Waals surface area (Å²) in [5.41, 5.74) is 0. The second-order valence-electron chi connectivity index (χ2n) is 5.95. The Labute approximate surface area is 95.1 Å². The lowest BCUT2D eigenvalue weighted by Gasteiger charge is -2.18. The number of hydrogen-bond donors (Lipinski definition) is 0. The van der Waals surface area contributed by atoms with Crippen molar-refractivity contribution in [3.05, 3.63) is 0 Å². The first kappa shape index (κ1) is 11.3. The van der Waals surface area contributed by atoms with Crippen LogP contribution in [-0.4, -0.2) is 15.2 Å². The molecule has 0 aromatic heterocycles. The maximum absolute atomic E-state index is 11.7. The van der Waals surface area contributed by atoms with Crippen LogP contribution in [0.25, 0.3) is 0 Å². The SMILES string of the molecule is CC(C)(C)S(=O)N=CC1CCC2CC2C1. The predicted octanol–water partition coefficient (Wildman–Crippen LogP) is 2.96. The molecular weight excluding hydrogens is 206 g/mol. The third kappa shape index (κ3) is 2.90. The third-order valence-electron chi connectivity index (χ3n) is 3.47. The van der Waals surface area contributed by atoms with Gasteiger partial charge in [-0.3, -0.25) is 0 Å². The largest absolute Gasteiger partial charge is 0.234 e. The maximum Gasteiger partial charge on any atom is 0.144 e. The van der Waals surface area contributed by atoms with Gasteiger partial charge in [-0.05, 0) is 64.2 Å². The van der Waals surface area contributed by atoms with E-state index < -0.39 is 11.0 Å². The standard InChI is InChI=1S/C12H21NOS/c1-12(2,3)15(14)13-8-9-4-5-10-7-11(10)6-9/h8-11H,4-7H2,1-3H3. The van der Waals surface area contributed by atoms with Crippen molar-refractivity contribution in [2.45, 2.75) is 51.2 Å². The highest BCUT2D eigenvalue weighted by atomic mass is 32.2. The van der Waals surface area contributed by atoms with Crippen molar-refractivity contribution in [3.8, 4) is 0 Å². The topological polar surface area (TPSA) is 29.4 Å². The van der Waals surface area contributed by atoms with E-state index in [2.05, 4.69) is 4.40 Å². The lowest BCUT2D eigenvalue weighted by molar-refractivity contribution is 0.425. The number of fused-ring (bicyclic) bond motifs is 1. The highest BCUT2D eigenvalue weighted by molar-refractivity contribution is 7.85. The van der Waals surface area contributed by atoms with Crippen molar-refractivity contribution in [2.75, 3.05) is 0 Å². The Balaban J connectivity index is 1.85. The molecule has 0 bridgehead atoms. The number of nitrogens with zero attached hydrogens (tertiary/aromatic N) is 1. The van der Waals surface area contributed by atoms with E-state index in [9.17, 15) is 4.21 Å². The molecule has 0 spiro atoms. The van der Waals surface area contributed by atoms with Gasteiger partial charge < -0.3 is 0 Å². The summed E-state index contributed by atoms with van der Waals surface area (Å²) in [4.78, 5) is 0. The van der Waals surface area contributed by atoms with Crippen LogP contribution in [0, 0.1) is 17.8 Å². The molecule has 15 heavy (non-hydrogen) atoms. The van der Waals surface area contributed by atoms with Gasteiger partial charge in [0, 0.05) is 6.21 Å². The molecule has 2 saturated carbocycles. The molecule has 2 rings (SSSR count). The van der Waals surface area contributed by atoms with Gasteiger partial charge in [-0.2, -0.15) is 4.40 Å². The summed E-state index contributed by atoms with van der Waals surface area (Å²) in [5.74, 6) is 2.60.